The molecule has 0 aliphatic carbocycles. The molecule has 0 radical (unpaired) electrons. The van der Waals surface area contributed by atoms with Crippen LogP contribution in [-0.4, -0.2) is 25.9 Å². The predicted molar refractivity (Wildman–Crippen MR) is 82.4 cm³/mol. The molecule has 1 rings (SSSR count). The number of benzene rings is 1. The molecule has 0 saturated heterocycles. The summed E-state index contributed by atoms with van der Waals surface area (Å²) in [6.07, 6.45) is 1.65. The minimum atomic E-state index is -0.401. The Morgan fingerprint density at radius 3 is 2.75 bits per heavy atom. The average molecular weight is 303 g/mol. The first kappa shape index (κ1) is 18.5. The topological polar surface area (TPSA) is 73.6 Å². The average Bonchev–Trinajstić information content (AvgIpc) is 2.40. The number of nitrogens with two attached hydrogens (primary N) is 1. The van der Waals surface area contributed by atoms with Crippen LogP contribution in [0.5, 0.6) is 5.75 Å². The first-order valence-electron chi connectivity index (χ1n) is 6.49. The lowest BCUT2D eigenvalue weighted by atomic mass is 10.2. The highest BCUT2D eigenvalue weighted by Crippen LogP contribution is 2.23. The molecule has 1 atom stereocenters. The van der Waals surface area contributed by atoms with Crippen molar-refractivity contribution in [2.24, 2.45) is 0 Å². The van der Waals surface area contributed by atoms with E-state index in [4.69, 9.17) is 15.2 Å². The molecule has 3 N–H and O–H groups in total. The number of nitrogens with one attached hydrogen (secondary N) is 1. The van der Waals surface area contributed by atoms with Gasteiger partial charge in [-0.3, -0.25) is 5.32 Å². The van der Waals surface area contributed by atoms with Crippen LogP contribution in [0.25, 0.3) is 0 Å². The lowest BCUT2D eigenvalue weighted by Gasteiger charge is -2.13. The summed E-state index contributed by atoms with van der Waals surface area (Å²) >= 11 is 0. The number of carbonyl (C=O) groups is 1. The normalized spacial score (nSPS) is 11.3. The van der Waals surface area contributed by atoms with Crippen LogP contribution < -0.4 is 15.8 Å². The molecule has 0 bridgehead atoms. The highest BCUT2D eigenvalue weighted by Gasteiger charge is 2.13. The molecule has 0 amide bonds. The molecule has 0 heterocycles. The van der Waals surface area contributed by atoms with Crippen LogP contribution in [0.15, 0.2) is 18.2 Å². The maximum atomic E-state index is 11.8. The van der Waals surface area contributed by atoms with Gasteiger partial charge in [-0.25, -0.2) is 4.79 Å². The number of halogens is 1. The molecular formula is C14H23ClN2O3. The van der Waals surface area contributed by atoms with Crippen molar-refractivity contribution in [2.45, 2.75) is 32.9 Å². The molecular weight excluding hydrogens is 280 g/mol. The van der Waals surface area contributed by atoms with Crippen molar-refractivity contribution in [1.29, 1.82) is 0 Å². The van der Waals surface area contributed by atoms with Crippen molar-refractivity contribution < 1.29 is 14.3 Å². The fraction of sp³-hybridized carbons (Fsp3) is 0.500. The maximum absolute atomic E-state index is 11.8. The van der Waals surface area contributed by atoms with Crippen LogP contribution in [0.1, 0.15) is 37.0 Å². The Morgan fingerprint density at radius 2 is 2.15 bits per heavy atom. The summed E-state index contributed by atoms with van der Waals surface area (Å²) in [5.41, 5.74) is 6.77. The van der Waals surface area contributed by atoms with Crippen molar-refractivity contribution in [3.63, 3.8) is 0 Å². The number of esters is 1. The van der Waals surface area contributed by atoms with Gasteiger partial charge in [0.1, 0.15) is 5.75 Å². The van der Waals surface area contributed by atoms with Gasteiger partial charge in [-0.05, 0) is 38.6 Å². The quantitative estimate of drug-likeness (QED) is 0.350. The third-order valence-electron chi connectivity index (χ3n) is 2.70. The van der Waals surface area contributed by atoms with E-state index >= 15 is 0 Å². The summed E-state index contributed by atoms with van der Waals surface area (Å²) in [5, 5.41) is 2.83. The monoisotopic (exact) mass is 302 g/mol. The van der Waals surface area contributed by atoms with Gasteiger partial charge in [0, 0.05) is 0 Å². The number of ether oxygens (including phenoxy) is 2. The van der Waals surface area contributed by atoms with Gasteiger partial charge < -0.3 is 15.2 Å². The van der Waals surface area contributed by atoms with E-state index in [1.807, 2.05) is 0 Å². The summed E-state index contributed by atoms with van der Waals surface area (Å²) in [4.78, 5) is 11.8. The molecule has 5 nitrogen and oxygen atoms in total. The van der Waals surface area contributed by atoms with Crippen molar-refractivity contribution in [3.8, 4) is 5.75 Å². The molecule has 20 heavy (non-hydrogen) atoms. The van der Waals surface area contributed by atoms with Crippen LogP contribution in [-0.2, 0) is 4.74 Å². The van der Waals surface area contributed by atoms with Crippen molar-refractivity contribution in [3.05, 3.63) is 23.8 Å². The molecule has 6 heteroatoms. The second-order valence-electron chi connectivity index (χ2n) is 4.29. The number of anilines is 1. The first-order chi connectivity index (χ1) is 9.08. The van der Waals surface area contributed by atoms with Gasteiger partial charge in [-0.15, -0.1) is 12.4 Å². The van der Waals surface area contributed by atoms with E-state index in [1.54, 1.807) is 32.2 Å². The second-order valence-corrected chi connectivity index (χ2v) is 4.29. The van der Waals surface area contributed by atoms with Gasteiger partial charge >= 0.3 is 5.97 Å². The summed E-state index contributed by atoms with van der Waals surface area (Å²) in [6, 6.07) is 4.91. The largest absolute Gasteiger partial charge is 0.491 e. The summed E-state index contributed by atoms with van der Waals surface area (Å²) in [7, 11) is 1.72. The molecule has 1 aromatic carbocycles. The number of carbonyl (C=O) groups excluding carboxylic acids is 1. The molecule has 114 valence electrons. The molecule has 1 unspecified atom stereocenters. The fourth-order valence-electron chi connectivity index (χ4n) is 1.40. The molecule has 0 fully saturated rings. The SMILES string of the molecule is CCCCOc1cc(C(=O)OC(C)NC)ccc1N.Cl. The minimum Gasteiger partial charge on any atom is -0.491 e. The molecule has 0 aliphatic heterocycles. The standard InChI is InChI=1S/C14H22N2O3.ClH/c1-4-5-8-18-13-9-11(6-7-12(13)15)14(17)19-10(2)16-3;/h6-7,9-10,16H,4-5,8,15H2,1-3H3;1H. The molecule has 0 saturated carbocycles. The molecule has 1 aromatic rings. The van der Waals surface area contributed by atoms with Gasteiger partial charge in [-0.2, -0.15) is 0 Å². The van der Waals surface area contributed by atoms with Crippen molar-refractivity contribution in [2.75, 3.05) is 19.4 Å². The Labute approximate surface area is 126 Å². The zero-order chi connectivity index (χ0) is 14.3. The van der Waals surface area contributed by atoms with E-state index in [0.29, 0.717) is 23.6 Å². The maximum Gasteiger partial charge on any atom is 0.339 e. The molecule has 0 spiro atoms. The van der Waals surface area contributed by atoms with E-state index in [9.17, 15) is 4.79 Å². The lowest BCUT2D eigenvalue weighted by Crippen LogP contribution is -2.27. The van der Waals surface area contributed by atoms with E-state index in [1.165, 1.54) is 0 Å². The zero-order valence-electron chi connectivity index (χ0n) is 12.1. The van der Waals surface area contributed by atoms with Crippen LogP contribution in [0.2, 0.25) is 0 Å². The Balaban J connectivity index is 0.00000361. The van der Waals surface area contributed by atoms with E-state index < -0.39 is 5.97 Å². The third kappa shape index (κ3) is 5.67. The smallest absolute Gasteiger partial charge is 0.339 e. The summed E-state index contributed by atoms with van der Waals surface area (Å²) in [5.74, 6) is 0.127. The molecule has 0 aromatic heterocycles. The van der Waals surface area contributed by atoms with Crippen LogP contribution in [0.4, 0.5) is 5.69 Å². The van der Waals surface area contributed by atoms with Crippen molar-refractivity contribution >= 4 is 24.1 Å². The van der Waals surface area contributed by atoms with E-state index in [2.05, 4.69) is 12.2 Å². The highest BCUT2D eigenvalue weighted by atomic mass is 35.5. The van der Waals surface area contributed by atoms with Crippen molar-refractivity contribution in [1.82, 2.24) is 5.32 Å². The van der Waals surface area contributed by atoms with Gasteiger partial charge in [0.05, 0.1) is 17.9 Å². The van der Waals surface area contributed by atoms with Gasteiger partial charge in [0.15, 0.2) is 6.23 Å². The number of unbranched alkanes of at least 4 members (excludes halogenated alkanes) is 1. The highest BCUT2D eigenvalue weighted by molar-refractivity contribution is 5.90. The summed E-state index contributed by atoms with van der Waals surface area (Å²) in [6.45, 7) is 4.43. The Kier molecular flexibility index (Phi) is 8.76. The third-order valence-corrected chi connectivity index (χ3v) is 2.70. The zero-order valence-corrected chi connectivity index (χ0v) is 13.0. The Morgan fingerprint density at radius 1 is 1.45 bits per heavy atom. The van der Waals surface area contributed by atoms with E-state index in [0.717, 1.165) is 12.8 Å². The predicted octanol–water partition coefficient (Wildman–Crippen LogP) is 2.59. The number of nitrogen functional groups attached to an aromatic ring is 1. The first-order valence-corrected chi connectivity index (χ1v) is 6.49. The lowest BCUT2D eigenvalue weighted by molar-refractivity contribution is 0.0284. The number of hydrogen-bond acceptors (Lipinski definition) is 5. The van der Waals surface area contributed by atoms with Gasteiger partial charge in [0.25, 0.3) is 0 Å². The molecule has 0 aliphatic rings. The Hall–Kier alpha value is -1.46. The van der Waals surface area contributed by atoms with E-state index in [-0.39, 0.29) is 18.6 Å². The van der Waals surface area contributed by atoms with Crippen LogP contribution in [0, 0.1) is 0 Å². The number of rotatable bonds is 7. The van der Waals surface area contributed by atoms with Crippen LogP contribution >= 0.6 is 12.4 Å². The summed E-state index contributed by atoms with van der Waals surface area (Å²) < 4.78 is 10.7. The fourth-order valence-corrected chi connectivity index (χ4v) is 1.40. The van der Waals surface area contributed by atoms with Gasteiger partial charge in [-0.1, -0.05) is 13.3 Å². The Bertz CT molecular complexity index is 427. The second kappa shape index (κ2) is 9.44. The van der Waals surface area contributed by atoms with Gasteiger partial charge in [0.2, 0.25) is 0 Å². The van der Waals surface area contributed by atoms with Crippen LogP contribution in [0.3, 0.4) is 0 Å². The minimum absolute atomic E-state index is 0. The number of hydrogen-bond donors (Lipinski definition) is 2.